The van der Waals surface area contributed by atoms with E-state index in [1.807, 2.05) is 24.4 Å². The van der Waals surface area contributed by atoms with Crippen LogP contribution in [0.25, 0.3) is 0 Å². The minimum atomic E-state index is -3.41. The zero-order valence-corrected chi connectivity index (χ0v) is 13.9. The highest BCUT2D eigenvalue weighted by molar-refractivity contribution is 7.89. The van der Waals surface area contributed by atoms with Crippen LogP contribution in [0, 0.1) is 0 Å². The molecule has 0 saturated heterocycles. The second kappa shape index (κ2) is 7.06. The van der Waals surface area contributed by atoms with E-state index in [1.54, 1.807) is 42.6 Å². The topological polar surface area (TPSA) is 49.4 Å². The van der Waals surface area contributed by atoms with Crippen molar-refractivity contribution in [1.82, 2.24) is 4.31 Å². The fourth-order valence-corrected chi connectivity index (χ4v) is 3.84. The van der Waals surface area contributed by atoms with Gasteiger partial charge in [-0.3, -0.25) is 0 Å². The lowest BCUT2D eigenvalue weighted by Gasteiger charge is -2.17. The number of thiophene rings is 1. The molecule has 21 heavy (non-hydrogen) atoms. The van der Waals surface area contributed by atoms with Crippen LogP contribution in [0.15, 0.2) is 46.7 Å². The Bertz CT molecular complexity index is 649. The zero-order chi connectivity index (χ0) is 15.3. The van der Waals surface area contributed by atoms with Gasteiger partial charge >= 0.3 is 0 Å². The molecule has 6 heteroatoms. The van der Waals surface area contributed by atoms with E-state index < -0.39 is 10.0 Å². The Kier molecular flexibility index (Phi) is 5.39. The van der Waals surface area contributed by atoms with Gasteiger partial charge in [-0.1, -0.05) is 6.07 Å². The first-order chi connectivity index (χ1) is 10.0. The summed E-state index contributed by atoms with van der Waals surface area (Å²) in [5.74, 6) is 0. The predicted molar refractivity (Wildman–Crippen MR) is 88.4 cm³/mol. The predicted octanol–water partition coefficient (Wildman–Crippen LogP) is 3.04. The molecule has 0 fully saturated rings. The number of sulfonamides is 1. The van der Waals surface area contributed by atoms with Gasteiger partial charge in [0.05, 0.1) is 4.90 Å². The van der Waals surface area contributed by atoms with E-state index in [2.05, 4.69) is 5.32 Å². The normalized spacial score (nSPS) is 11.8. The maximum Gasteiger partial charge on any atom is 0.242 e. The average Bonchev–Trinajstić information content (AvgIpc) is 2.99. The van der Waals surface area contributed by atoms with Crippen molar-refractivity contribution < 1.29 is 8.42 Å². The molecule has 0 spiro atoms. The second-order valence-electron chi connectivity index (χ2n) is 4.71. The monoisotopic (exact) mass is 324 g/mol. The van der Waals surface area contributed by atoms with Crippen LogP contribution in [-0.2, 0) is 16.4 Å². The maximum atomic E-state index is 12.5. The van der Waals surface area contributed by atoms with Crippen LogP contribution < -0.4 is 5.32 Å². The van der Waals surface area contributed by atoms with Gasteiger partial charge in [0.1, 0.15) is 0 Å². The third-order valence-corrected chi connectivity index (χ3v) is 6.00. The van der Waals surface area contributed by atoms with Gasteiger partial charge in [0.2, 0.25) is 10.0 Å². The highest BCUT2D eigenvalue weighted by Gasteiger charge is 2.20. The maximum absolute atomic E-state index is 12.5. The minimum Gasteiger partial charge on any atom is -0.385 e. The van der Waals surface area contributed by atoms with E-state index in [1.165, 1.54) is 9.18 Å². The molecule has 2 aromatic rings. The summed E-state index contributed by atoms with van der Waals surface area (Å²) in [4.78, 5) is 1.53. The summed E-state index contributed by atoms with van der Waals surface area (Å²) >= 11 is 1.65. The van der Waals surface area contributed by atoms with Crippen LogP contribution in [0.5, 0.6) is 0 Å². The van der Waals surface area contributed by atoms with Gasteiger partial charge in [0.25, 0.3) is 0 Å². The van der Waals surface area contributed by atoms with Crippen LogP contribution in [0.1, 0.15) is 11.8 Å². The van der Waals surface area contributed by atoms with E-state index in [9.17, 15) is 8.42 Å². The molecule has 0 unspecified atom stereocenters. The molecule has 0 aliphatic carbocycles. The van der Waals surface area contributed by atoms with Gasteiger partial charge < -0.3 is 5.32 Å². The van der Waals surface area contributed by atoms with Crippen molar-refractivity contribution in [2.75, 3.05) is 25.5 Å². The molecule has 0 aliphatic heterocycles. The Morgan fingerprint density at radius 2 is 1.90 bits per heavy atom. The van der Waals surface area contributed by atoms with E-state index in [4.69, 9.17) is 0 Å². The Hall–Kier alpha value is -1.37. The summed E-state index contributed by atoms with van der Waals surface area (Å²) in [5, 5.41) is 5.16. The van der Waals surface area contributed by atoms with E-state index in [0.717, 1.165) is 18.7 Å². The standard InChI is InChI=1S/C15H20N2O2S2/c1-3-16-13-6-8-15(9-7-13)21(18,19)17(2)11-10-14-5-4-12-20-14/h4-9,12,16H,3,10-11H2,1-2H3. The smallest absolute Gasteiger partial charge is 0.242 e. The molecule has 0 bridgehead atoms. The molecular formula is C15H20N2O2S2. The minimum absolute atomic E-state index is 0.331. The molecule has 1 aromatic heterocycles. The summed E-state index contributed by atoms with van der Waals surface area (Å²) < 4.78 is 26.4. The van der Waals surface area contributed by atoms with Crippen LogP contribution in [-0.4, -0.2) is 32.9 Å². The molecule has 0 saturated carbocycles. The molecule has 1 aromatic carbocycles. The summed E-state index contributed by atoms with van der Waals surface area (Å²) in [6.07, 6.45) is 0.739. The van der Waals surface area contributed by atoms with E-state index in [0.29, 0.717) is 11.4 Å². The fraction of sp³-hybridized carbons (Fsp3) is 0.333. The average molecular weight is 324 g/mol. The number of likely N-dealkylation sites (N-methyl/N-ethyl adjacent to an activating group) is 1. The number of nitrogens with one attached hydrogen (secondary N) is 1. The Morgan fingerprint density at radius 3 is 2.48 bits per heavy atom. The molecule has 0 radical (unpaired) electrons. The van der Waals surface area contributed by atoms with Crippen molar-refractivity contribution in [3.8, 4) is 0 Å². The number of hydrogen-bond donors (Lipinski definition) is 1. The van der Waals surface area contributed by atoms with Gasteiger partial charge in [-0.25, -0.2) is 12.7 Å². The molecule has 0 amide bonds. The first kappa shape index (κ1) is 16.0. The molecular weight excluding hydrogens is 304 g/mol. The number of anilines is 1. The lowest BCUT2D eigenvalue weighted by molar-refractivity contribution is 0.473. The fourth-order valence-electron chi connectivity index (χ4n) is 1.97. The third-order valence-electron chi connectivity index (χ3n) is 3.20. The first-order valence-corrected chi connectivity index (χ1v) is 9.18. The molecule has 1 heterocycles. The quantitative estimate of drug-likeness (QED) is 0.851. The SMILES string of the molecule is CCNc1ccc(S(=O)(=O)N(C)CCc2cccs2)cc1. The molecule has 0 atom stereocenters. The largest absolute Gasteiger partial charge is 0.385 e. The summed E-state index contributed by atoms with van der Waals surface area (Å²) in [6.45, 7) is 3.30. The first-order valence-electron chi connectivity index (χ1n) is 6.86. The lowest BCUT2D eigenvalue weighted by Crippen LogP contribution is -2.28. The Morgan fingerprint density at radius 1 is 1.19 bits per heavy atom. The van der Waals surface area contributed by atoms with Gasteiger partial charge in [0.15, 0.2) is 0 Å². The molecule has 4 nitrogen and oxygen atoms in total. The van der Waals surface area contributed by atoms with Gasteiger partial charge in [-0.15, -0.1) is 11.3 Å². The Balaban J connectivity index is 2.05. The zero-order valence-electron chi connectivity index (χ0n) is 12.2. The summed E-state index contributed by atoms with van der Waals surface area (Å²) in [5.41, 5.74) is 0.928. The molecule has 1 N–H and O–H groups in total. The van der Waals surface area contributed by atoms with Crippen molar-refractivity contribution in [2.45, 2.75) is 18.2 Å². The highest BCUT2D eigenvalue weighted by Crippen LogP contribution is 2.18. The van der Waals surface area contributed by atoms with Crippen LogP contribution in [0.3, 0.4) is 0 Å². The van der Waals surface area contributed by atoms with Crippen LogP contribution >= 0.6 is 11.3 Å². The summed E-state index contributed by atoms with van der Waals surface area (Å²) in [6, 6.07) is 10.9. The van der Waals surface area contributed by atoms with E-state index in [-0.39, 0.29) is 0 Å². The van der Waals surface area contributed by atoms with Crippen LogP contribution in [0.4, 0.5) is 5.69 Å². The van der Waals surface area contributed by atoms with E-state index >= 15 is 0 Å². The second-order valence-corrected chi connectivity index (χ2v) is 7.79. The highest BCUT2D eigenvalue weighted by atomic mass is 32.2. The third kappa shape index (κ3) is 4.06. The van der Waals surface area contributed by atoms with Crippen molar-refractivity contribution in [2.24, 2.45) is 0 Å². The van der Waals surface area contributed by atoms with Gasteiger partial charge in [-0.05, 0) is 49.1 Å². The molecule has 114 valence electrons. The number of hydrogen-bond acceptors (Lipinski definition) is 4. The van der Waals surface area contributed by atoms with Crippen molar-refractivity contribution in [1.29, 1.82) is 0 Å². The summed E-state index contributed by atoms with van der Waals surface area (Å²) in [7, 11) is -1.79. The molecule has 0 aliphatic rings. The van der Waals surface area contributed by atoms with Crippen molar-refractivity contribution in [3.05, 3.63) is 46.7 Å². The number of benzene rings is 1. The number of nitrogens with zero attached hydrogens (tertiary/aromatic N) is 1. The van der Waals surface area contributed by atoms with Crippen molar-refractivity contribution >= 4 is 27.0 Å². The molecule has 2 rings (SSSR count). The van der Waals surface area contributed by atoms with Gasteiger partial charge in [-0.2, -0.15) is 0 Å². The van der Waals surface area contributed by atoms with Gasteiger partial charge in [0, 0.05) is 30.7 Å². The number of rotatable bonds is 7. The van der Waals surface area contributed by atoms with Crippen LogP contribution in [0.2, 0.25) is 0 Å². The van der Waals surface area contributed by atoms with Crippen molar-refractivity contribution in [3.63, 3.8) is 0 Å². The Labute approximate surface area is 130 Å². The lowest BCUT2D eigenvalue weighted by atomic mass is 10.3.